The molecule has 0 aliphatic carbocycles. The Kier molecular flexibility index (Phi) is 5.73. The highest BCUT2D eigenvalue weighted by Gasteiger charge is 2.43. The standard InChI is InChI=1S/C28H21N3O4/c1-35-24-16-14-20(15-17-24)29-18-8-13-23(29)19-25-26(32)30(21-9-4-2-5-10-21)28(34)31(27(25)33)22-11-6-3-7-12-22/h2-19H,1H3. The molecule has 0 N–H and O–H groups in total. The fraction of sp³-hybridized carbons (Fsp3) is 0.0357. The van der Waals surface area contributed by atoms with Gasteiger partial charge in [-0.05, 0) is 66.7 Å². The minimum absolute atomic E-state index is 0.120. The van der Waals surface area contributed by atoms with E-state index in [4.69, 9.17) is 4.74 Å². The van der Waals surface area contributed by atoms with Gasteiger partial charge in [0.1, 0.15) is 11.3 Å². The van der Waals surface area contributed by atoms with Crippen LogP contribution in [0.2, 0.25) is 0 Å². The van der Waals surface area contributed by atoms with Gasteiger partial charge in [-0.3, -0.25) is 9.59 Å². The van der Waals surface area contributed by atoms with E-state index in [9.17, 15) is 14.4 Å². The highest BCUT2D eigenvalue weighted by Crippen LogP contribution is 2.30. The molecular formula is C28H21N3O4. The number of carbonyl (C=O) groups excluding carboxylic acids is 3. The van der Waals surface area contributed by atoms with E-state index in [1.54, 1.807) is 73.8 Å². The number of imide groups is 2. The van der Waals surface area contributed by atoms with Gasteiger partial charge in [0.05, 0.1) is 18.5 Å². The Morgan fingerprint density at radius 3 is 1.69 bits per heavy atom. The SMILES string of the molecule is COc1ccc(-n2cccc2C=C2C(=O)N(c3ccccc3)C(=O)N(c3ccccc3)C2=O)cc1. The summed E-state index contributed by atoms with van der Waals surface area (Å²) in [5.41, 5.74) is 2.09. The van der Waals surface area contributed by atoms with Crippen molar-refractivity contribution in [1.82, 2.24) is 4.57 Å². The van der Waals surface area contributed by atoms with Crippen molar-refractivity contribution in [3.05, 3.63) is 115 Å². The number of benzene rings is 3. The van der Waals surface area contributed by atoms with Crippen LogP contribution in [0.25, 0.3) is 11.8 Å². The first-order chi connectivity index (χ1) is 17.1. The molecule has 2 heterocycles. The van der Waals surface area contributed by atoms with E-state index >= 15 is 0 Å². The molecule has 1 aliphatic rings. The van der Waals surface area contributed by atoms with Gasteiger partial charge in [-0.25, -0.2) is 14.6 Å². The van der Waals surface area contributed by atoms with E-state index in [-0.39, 0.29) is 5.57 Å². The molecule has 4 amide bonds. The number of para-hydroxylation sites is 2. The molecule has 1 fully saturated rings. The fourth-order valence-electron chi connectivity index (χ4n) is 3.98. The first-order valence-electron chi connectivity index (χ1n) is 10.9. The van der Waals surface area contributed by atoms with Crippen LogP contribution in [-0.4, -0.2) is 29.5 Å². The Morgan fingerprint density at radius 1 is 0.629 bits per heavy atom. The van der Waals surface area contributed by atoms with Crippen molar-refractivity contribution in [3.63, 3.8) is 0 Å². The second kappa shape index (κ2) is 9.15. The van der Waals surface area contributed by atoms with Crippen molar-refractivity contribution in [1.29, 1.82) is 0 Å². The number of rotatable bonds is 5. The van der Waals surface area contributed by atoms with Crippen molar-refractivity contribution in [3.8, 4) is 11.4 Å². The van der Waals surface area contributed by atoms with Crippen LogP contribution in [0.3, 0.4) is 0 Å². The van der Waals surface area contributed by atoms with E-state index < -0.39 is 17.8 Å². The molecule has 0 unspecified atom stereocenters. The fourth-order valence-corrected chi connectivity index (χ4v) is 3.98. The molecule has 1 saturated heterocycles. The molecule has 0 radical (unpaired) electrons. The number of anilines is 2. The van der Waals surface area contributed by atoms with Crippen molar-refractivity contribution >= 4 is 35.3 Å². The van der Waals surface area contributed by atoms with Crippen LogP contribution >= 0.6 is 0 Å². The summed E-state index contributed by atoms with van der Waals surface area (Å²) in [6.07, 6.45) is 3.36. The predicted molar refractivity (Wildman–Crippen MR) is 134 cm³/mol. The molecule has 1 aromatic heterocycles. The van der Waals surface area contributed by atoms with Gasteiger partial charge in [-0.15, -0.1) is 0 Å². The third kappa shape index (κ3) is 4.00. The summed E-state index contributed by atoms with van der Waals surface area (Å²) in [7, 11) is 1.60. The molecule has 1 aliphatic heterocycles. The van der Waals surface area contributed by atoms with E-state index in [0.717, 1.165) is 15.5 Å². The number of carbonyl (C=O) groups is 3. The number of hydrogen-bond acceptors (Lipinski definition) is 4. The van der Waals surface area contributed by atoms with Gasteiger partial charge >= 0.3 is 6.03 Å². The van der Waals surface area contributed by atoms with Crippen molar-refractivity contribution < 1.29 is 19.1 Å². The monoisotopic (exact) mass is 463 g/mol. The molecule has 0 saturated carbocycles. The average molecular weight is 463 g/mol. The molecule has 3 aromatic carbocycles. The lowest BCUT2D eigenvalue weighted by molar-refractivity contribution is -0.121. The minimum atomic E-state index is -0.722. The molecular weight excluding hydrogens is 442 g/mol. The first-order valence-corrected chi connectivity index (χ1v) is 10.9. The normalized spacial score (nSPS) is 13.9. The highest BCUT2D eigenvalue weighted by atomic mass is 16.5. The van der Waals surface area contributed by atoms with Crippen LogP contribution < -0.4 is 14.5 Å². The third-order valence-electron chi connectivity index (χ3n) is 5.70. The Morgan fingerprint density at radius 2 is 1.17 bits per heavy atom. The predicted octanol–water partition coefficient (Wildman–Crippen LogP) is 5.07. The third-order valence-corrected chi connectivity index (χ3v) is 5.70. The van der Waals surface area contributed by atoms with E-state index in [1.165, 1.54) is 6.08 Å². The zero-order valence-electron chi connectivity index (χ0n) is 18.9. The molecule has 5 rings (SSSR count). The van der Waals surface area contributed by atoms with Crippen LogP contribution in [0.15, 0.2) is 109 Å². The molecule has 0 atom stereocenters. The number of amides is 4. The Labute approximate surface area is 202 Å². The lowest BCUT2D eigenvalue weighted by atomic mass is 10.1. The molecule has 0 spiro atoms. The van der Waals surface area contributed by atoms with Crippen molar-refractivity contribution in [2.24, 2.45) is 0 Å². The number of ether oxygens (including phenoxy) is 1. The summed E-state index contributed by atoms with van der Waals surface area (Å²) < 4.78 is 7.08. The summed E-state index contributed by atoms with van der Waals surface area (Å²) in [6, 6.07) is 27.5. The summed E-state index contributed by atoms with van der Waals surface area (Å²) in [4.78, 5) is 42.6. The van der Waals surface area contributed by atoms with Gasteiger partial charge < -0.3 is 9.30 Å². The number of hydrogen-bond donors (Lipinski definition) is 0. The van der Waals surface area contributed by atoms with E-state index in [1.807, 2.05) is 41.1 Å². The zero-order chi connectivity index (χ0) is 24.4. The van der Waals surface area contributed by atoms with Gasteiger partial charge in [0.15, 0.2) is 0 Å². The summed E-state index contributed by atoms with van der Waals surface area (Å²) in [6.45, 7) is 0. The Balaban J connectivity index is 1.62. The number of barbiturate groups is 1. The van der Waals surface area contributed by atoms with Gasteiger partial charge in [-0.1, -0.05) is 36.4 Å². The van der Waals surface area contributed by atoms with Crippen LogP contribution in [0.1, 0.15) is 5.69 Å². The van der Waals surface area contributed by atoms with E-state index in [0.29, 0.717) is 22.8 Å². The number of methoxy groups -OCH3 is 1. The number of aromatic nitrogens is 1. The lowest BCUT2D eigenvalue weighted by Crippen LogP contribution is -2.57. The van der Waals surface area contributed by atoms with Crippen LogP contribution in [0.5, 0.6) is 5.75 Å². The molecule has 4 aromatic rings. The quantitative estimate of drug-likeness (QED) is 0.306. The highest BCUT2D eigenvalue weighted by molar-refractivity contribution is 6.46. The molecule has 7 nitrogen and oxygen atoms in total. The summed E-state index contributed by atoms with van der Waals surface area (Å²) >= 11 is 0. The average Bonchev–Trinajstić information content (AvgIpc) is 3.36. The number of nitrogens with zero attached hydrogens (tertiary/aromatic N) is 3. The van der Waals surface area contributed by atoms with Crippen LogP contribution in [-0.2, 0) is 9.59 Å². The van der Waals surface area contributed by atoms with Gasteiger partial charge in [0, 0.05) is 17.6 Å². The van der Waals surface area contributed by atoms with E-state index in [2.05, 4.69) is 0 Å². The summed E-state index contributed by atoms with van der Waals surface area (Å²) in [5, 5.41) is 0. The molecule has 7 heteroatoms. The molecule has 35 heavy (non-hydrogen) atoms. The first kappa shape index (κ1) is 21.9. The van der Waals surface area contributed by atoms with Crippen molar-refractivity contribution in [2.45, 2.75) is 0 Å². The largest absolute Gasteiger partial charge is 0.497 e. The maximum atomic E-state index is 13.5. The number of urea groups is 1. The maximum absolute atomic E-state index is 13.5. The van der Waals surface area contributed by atoms with Gasteiger partial charge in [0.2, 0.25) is 0 Å². The van der Waals surface area contributed by atoms with Gasteiger partial charge in [-0.2, -0.15) is 0 Å². The smallest absolute Gasteiger partial charge is 0.343 e. The van der Waals surface area contributed by atoms with Gasteiger partial charge in [0.25, 0.3) is 11.8 Å². The summed E-state index contributed by atoms with van der Waals surface area (Å²) in [5.74, 6) is -0.643. The Hall–Kier alpha value is -4.91. The second-order valence-electron chi connectivity index (χ2n) is 7.79. The minimum Gasteiger partial charge on any atom is -0.497 e. The van der Waals surface area contributed by atoms with Crippen LogP contribution in [0.4, 0.5) is 16.2 Å². The topological polar surface area (TPSA) is 71.8 Å². The molecule has 172 valence electrons. The Bertz CT molecular complexity index is 1360. The zero-order valence-corrected chi connectivity index (χ0v) is 18.9. The lowest BCUT2D eigenvalue weighted by Gasteiger charge is -2.33. The molecule has 0 bridgehead atoms. The van der Waals surface area contributed by atoms with Crippen LogP contribution in [0, 0.1) is 0 Å². The maximum Gasteiger partial charge on any atom is 0.343 e. The van der Waals surface area contributed by atoms with Crippen molar-refractivity contribution in [2.75, 3.05) is 16.9 Å². The second-order valence-corrected chi connectivity index (χ2v) is 7.79.